The van der Waals surface area contributed by atoms with E-state index in [-0.39, 0.29) is 11.3 Å². The summed E-state index contributed by atoms with van der Waals surface area (Å²) in [5.41, 5.74) is 5.14. The topological polar surface area (TPSA) is 32.3 Å². The number of nitrogens with one attached hydrogen (secondary N) is 1. The molecule has 0 aliphatic heterocycles. The number of hydrogen-bond acceptors (Lipinski definition) is 2. The smallest absolute Gasteiger partial charge is 0.255 e. The van der Waals surface area contributed by atoms with Crippen molar-refractivity contribution < 1.29 is 4.79 Å². The number of nitrogens with zero attached hydrogens (tertiary/aromatic N) is 1. The molecule has 0 saturated carbocycles. The van der Waals surface area contributed by atoms with Gasteiger partial charge in [0, 0.05) is 30.0 Å². The van der Waals surface area contributed by atoms with E-state index in [0.717, 1.165) is 24.3 Å². The van der Waals surface area contributed by atoms with Crippen LogP contribution < -0.4 is 10.2 Å². The molecule has 0 aliphatic carbocycles. The second-order valence-electron chi connectivity index (χ2n) is 7.94. The van der Waals surface area contributed by atoms with Crippen LogP contribution in [-0.2, 0) is 0 Å². The quantitative estimate of drug-likeness (QED) is 0.658. The van der Waals surface area contributed by atoms with Gasteiger partial charge in [-0.05, 0) is 73.7 Å². The highest BCUT2D eigenvalue weighted by molar-refractivity contribution is 6.04. The Bertz CT molecular complexity index is 777. The maximum absolute atomic E-state index is 12.5. The van der Waals surface area contributed by atoms with Crippen molar-refractivity contribution in [3.05, 3.63) is 65.7 Å². The molecule has 2 rings (SSSR count). The summed E-state index contributed by atoms with van der Waals surface area (Å²) in [5, 5.41) is 2.98. The second kappa shape index (κ2) is 8.90. The summed E-state index contributed by atoms with van der Waals surface area (Å²) < 4.78 is 0. The van der Waals surface area contributed by atoms with Gasteiger partial charge >= 0.3 is 0 Å². The van der Waals surface area contributed by atoms with Gasteiger partial charge in [0.25, 0.3) is 5.91 Å². The molecular formula is C24H32N2O. The van der Waals surface area contributed by atoms with Crippen LogP contribution in [0.1, 0.15) is 57.5 Å². The molecule has 0 aromatic heterocycles. The minimum absolute atomic E-state index is 0.0883. The number of carbonyl (C=O) groups excluding carboxylic acids is 1. The van der Waals surface area contributed by atoms with E-state index in [4.69, 9.17) is 0 Å². The van der Waals surface area contributed by atoms with Gasteiger partial charge in [0.15, 0.2) is 0 Å². The van der Waals surface area contributed by atoms with E-state index in [9.17, 15) is 4.79 Å². The van der Waals surface area contributed by atoms with Crippen molar-refractivity contribution in [1.29, 1.82) is 0 Å². The van der Waals surface area contributed by atoms with Gasteiger partial charge in [-0.25, -0.2) is 0 Å². The molecule has 0 fully saturated rings. The Morgan fingerprint density at radius 2 is 1.44 bits per heavy atom. The Hall–Kier alpha value is -2.55. The van der Waals surface area contributed by atoms with E-state index >= 15 is 0 Å². The normalized spacial score (nSPS) is 12.0. The number of carbonyl (C=O) groups is 1. The molecular weight excluding hydrogens is 332 g/mol. The molecule has 27 heavy (non-hydrogen) atoms. The first-order valence-corrected chi connectivity index (χ1v) is 9.69. The molecule has 2 aromatic rings. The fraction of sp³-hybridized carbons (Fsp3) is 0.375. The minimum atomic E-state index is -0.0883. The van der Waals surface area contributed by atoms with Crippen LogP contribution in [0.15, 0.2) is 54.6 Å². The Labute approximate surface area is 164 Å². The summed E-state index contributed by atoms with van der Waals surface area (Å²) in [6, 6.07) is 15.8. The van der Waals surface area contributed by atoms with Crippen LogP contribution >= 0.6 is 0 Å². The predicted molar refractivity (Wildman–Crippen MR) is 118 cm³/mol. The molecule has 2 aromatic carbocycles. The van der Waals surface area contributed by atoms with Gasteiger partial charge in [0.2, 0.25) is 0 Å². The molecule has 0 atom stereocenters. The van der Waals surface area contributed by atoms with Crippen LogP contribution in [0.25, 0.3) is 5.57 Å². The van der Waals surface area contributed by atoms with Gasteiger partial charge in [-0.15, -0.1) is 0 Å². The number of benzene rings is 2. The number of anilines is 2. The highest BCUT2D eigenvalue weighted by Crippen LogP contribution is 2.24. The maximum atomic E-state index is 12.5. The zero-order chi connectivity index (χ0) is 20.0. The fourth-order valence-corrected chi connectivity index (χ4v) is 3.16. The lowest BCUT2D eigenvalue weighted by atomic mass is 9.91. The third-order valence-electron chi connectivity index (χ3n) is 4.51. The summed E-state index contributed by atoms with van der Waals surface area (Å²) in [7, 11) is 0. The average molecular weight is 365 g/mol. The van der Waals surface area contributed by atoms with E-state index in [1.54, 1.807) is 0 Å². The molecule has 0 radical (unpaired) electrons. The van der Waals surface area contributed by atoms with Crippen LogP contribution in [0.4, 0.5) is 11.4 Å². The number of allylic oxidation sites excluding steroid dienone is 2. The third kappa shape index (κ3) is 5.99. The van der Waals surface area contributed by atoms with Crippen LogP contribution in [0.5, 0.6) is 0 Å². The van der Waals surface area contributed by atoms with Crippen LogP contribution in [0.2, 0.25) is 0 Å². The van der Waals surface area contributed by atoms with Crippen molar-refractivity contribution in [2.45, 2.75) is 41.5 Å². The molecule has 0 aliphatic rings. The lowest BCUT2D eigenvalue weighted by Gasteiger charge is -2.21. The fourth-order valence-electron chi connectivity index (χ4n) is 3.16. The zero-order valence-corrected chi connectivity index (χ0v) is 17.5. The van der Waals surface area contributed by atoms with Gasteiger partial charge in [-0.1, -0.05) is 39.0 Å². The SMILES string of the molecule is CCN(CC)c1ccc(NC(=O)c2ccc(/C(C)=C/C(C)(C)C)cc2)cc1. The Morgan fingerprint density at radius 3 is 1.93 bits per heavy atom. The minimum Gasteiger partial charge on any atom is -0.372 e. The highest BCUT2D eigenvalue weighted by Gasteiger charge is 2.10. The van der Waals surface area contributed by atoms with E-state index in [0.29, 0.717) is 5.56 Å². The van der Waals surface area contributed by atoms with E-state index < -0.39 is 0 Å². The molecule has 0 spiro atoms. The number of amides is 1. The summed E-state index contributed by atoms with van der Waals surface area (Å²) in [6.45, 7) is 14.9. The molecule has 1 amide bonds. The van der Waals surface area contributed by atoms with Crippen molar-refractivity contribution in [2.24, 2.45) is 5.41 Å². The van der Waals surface area contributed by atoms with Crippen LogP contribution in [-0.4, -0.2) is 19.0 Å². The van der Waals surface area contributed by atoms with Crippen molar-refractivity contribution in [2.75, 3.05) is 23.3 Å². The van der Waals surface area contributed by atoms with Gasteiger partial charge in [-0.3, -0.25) is 4.79 Å². The molecule has 3 heteroatoms. The lowest BCUT2D eigenvalue weighted by Crippen LogP contribution is -2.21. The Morgan fingerprint density at radius 1 is 0.926 bits per heavy atom. The maximum Gasteiger partial charge on any atom is 0.255 e. The summed E-state index contributed by atoms with van der Waals surface area (Å²) in [5.74, 6) is -0.0883. The van der Waals surface area contributed by atoms with E-state index in [1.807, 2.05) is 48.5 Å². The standard InChI is InChI=1S/C24H32N2O/c1-7-26(8-2)22-15-13-21(14-16-22)25-23(27)20-11-9-19(10-12-20)18(3)17-24(4,5)6/h9-17H,7-8H2,1-6H3,(H,25,27)/b18-17+. The Balaban J connectivity index is 2.07. The second-order valence-corrected chi connectivity index (χ2v) is 7.94. The first-order chi connectivity index (χ1) is 12.7. The third-order valence-corrected chi connectivity index (χ3v) is 4.51. The van der Waals surface area contributed by atoms with Gasteiger partial charge in [0.05, 0.1) is 0 Å². The first kappa shape index (κ1) is 20.8. The Kier molecular flexibility index (Phi) is 6.84. The summed E-state index contributed by atoms with van der Waals surface area (Å²) in [6.07, 6.45) is 2.25. The molecule has 144 valence electrons. The zero-order valence-electron chi connectivity index (χ0n) is 17.5. The molecule has 3 nitrogen and oxygen atoms in total. The molecule has 0 saturated heterocycles. The molecule has 0 unspecified atom stereocenters. The summed E-state index contributed by atoms with van der Waals surface area (Å²) >= 11 is 0. The van der Waals surface area contributed by atoms with Crippen molar-refractivity contribution in [3.63, 3.8) is 0 Å². The largest absolute Gasteiger partial charge is 0.372 e. The van der Waals surface area contributed by atoms with Gasteiger partial charge < -0.3 is 10.2 Å². The first-order valence-electron chi connectivity index (χ1n) is 9.69. The van der Waals surface area contributed by atoms with Gasteiger partial charge in [-0.2, -0.15) is 0 Å². The number of rotatable bonds is 6. The highest BCUT2D eigenvalue weighted by atomic mass is 16.1. The molecule has 0 bridgehead atoms. The van der Waals surface area contributed by atoms with Crippen molar-refractivity contribution >= 4 is 22.9 Å². The number of hydrogen-bond donors (Lipinski definition) is 1. The van der Waals surface area contributed by atoms with E-state index in [2.05, 4.69) is 57.8 Å². The van der Waals surface area contributed by atoms with Crippen LogP contribution in [0.3, 0.4) is 0 Å². The summed E-state index contributed by atoms with van der Waals surface area (Å²) in [4.78, 5) is 14.8. The monoisotopic (exact) mass is 364 g/mol. The van der Waals surface area contributed by atoms with E-state index in [1.165, 1.54) is 11.3 Å². The molecule has 0 heterocycles. The molecule has 1 N–H and O–H groups in total. The average Bonchev–Trinajstić information content (AvgIpc) is 2.63. The van der Waals surface area contributed by atoms with Gasteiger partial charge in [0.1, 0.15) is 0 Å². The van der Waals surface area contributed by atoms with Crippen LogP contribution in [0, 0.1) is 5.41 Å². The van der Waals surface area contributed by atoms with Crippen molar-refractivity contribution in [3.8, 4) is 0 Å². The lowest BCUT2D eigenvalue weighted by molar-refractivity contribution is 0.102. The van der Waals surface area contributed by atoms with Crippen molar-refractivity contribution in [1.82, 2.24) is 0 Å². The predicted octanol–water partition coefficient (Wildman–Crippen LogP) is 6.23.